The third kappa shape index (κ3) is 29.8. The zero-order valence-electron chi connectivity index (χ0n) is 7.73. The van der Waals surface area contributed by atoms with Crippen molar-refractivity contribution in [3.05, 3.63) is 12.7 Å². The number of hydrogen-bond acceptors (Lipinski definition) is 4. The van der Waals surface area contributed by atoms with E-state index in [1.807, 2.05) is 0 Å². The molecule has 0 saturated carbocycles. The molecule has 0 aromatic carbocycles. The van der Waals surface area contributed by atoms with E-state index in [1.165, 1.54) is 0 Å². The van der Waals surface area contributed by atoms with Crippen molar-refractivity contribution in [2.24, 2.45) is 0 Å². The van der Waals surface area contributed by atoms with Gasteiger partial charge in [-0.05, 0) is 6.08 Å². The molecule has 0 atom stereocenters. The summed E-state index contributed by atoms with van der Waals surface area (Å²) in [7, 11) is 0. The average Bonchev–Trinajstić information content (AvgIpc) is 2.02. The molecular weight excluding hydrogens is 219 g/mol. The summed E-state index contributed by atoms with van der Waals surface area (Å²) in [6.07, 6.45) is 0.130. The SMILES string of the molecule is C=CC(=O)[O-].O=C(O)CCC(=O)O.[K+]. The molecule has 0 unspecified atom stereocenters. The van der Waals surface area contributed by atoms with E-state index in [1.54, 1.807) is 0 Å². The van der Waals surface area contributed by atoms with Gasteiger partial charge in [0.15, 0.2) is 0 Å². The summed E-state index contributed by atoms with van der Waals surface area (Å²) in [4.78, 5) is 28.4. The second-order valence-electron chi connectivity index (χ2n) is 1.81. The fourth-order valence-electron chi connectivity index (χ4n) is 0.214. The second kappa shape index (κ2) is 12.8. The number of hydrogen-bond donors (Lipinski definition) is 2. The number of carboxylic acids is 3. The smallest absolute Gasteiger partial charge is 0.545 e. The van der Waals surface area contributed by atoms with Gasteiger partial charge in [-0.25, -0.2) is 0 Å². The van der Waals surface area contributed by atoms with Crippen LogP contribution in [0.25, 0.3) is 0 Å². The first-order valence-electron chi connectivity index (χ1n) is 3.17. The molecule has 2 N–H and O–H groups in total. The summed E-state index contributed by atoms with van der Waals surface area (Å²) in [6, 6.07) is 0. The number of carboxylic acid groups (broad SMARTS) is 3. The molecule has 0 bridgehead atoms. The Kier molecular flexibility index (Phi) is 17.7. The maximum absolute atomic E-state index is 9.64. The molecule has 0 rings (SSSR count). The largest absolute Gasteiger partial charge is 1.00 e. The molecule has 0 fully saturated rings. The molecule has 0 aliphatic heterocycles. The zero-order valence-corrected chi connectivity index (χ0v) is 10.8. The number of rotatable bonds is 4. The van der Waals surface area contributed by atoms with Crippen LogP contribution in [0.2, 0.25) is 0 Å². The third-order valence-corrected chi connectivity index (χ3v) is 0.719. The van der Waals surface area contributed by atoms with Crippen LogP contribution in [0.1, 0.15) is 12.8 Å². The van der Waals surface area contributed by atoms with E-state index in [0.29, 0.717) is 0 Å². The molecule has 6 nitrogen and oxygen atoms in total. The van der Waals surface area contributed by atoms with Crippen LogP contribution in [0.15, 0.2) is 12.7 Å². The molecule has 14 heavy (non-hydrogen) atoms. The van der Waals surface area contributed by atoms with Crippen molar-refractivity contribution < 1.29 is 81.1 Å². The fourth-order valence-corrected chi connectivity index (χ4v) is 0.214. The topological polar surface area (TPSA) is 115 Å². The predicted octanol–water partition coefficient (Wildman–Crippen LogP) is -4.14. The van der Waals surface area contributed by atoms with E-state index in [9.17, 15) is 9.59 Å². The quantitative estimate of drug-likeness (QED) is 0.373. The van der Waals surface area contributed by atoms with Gasteiger partial charge >= 0.3 is 63.3 Å². The van der Waals surface area contributed by atoms with Crippen LogP contribution in [0.4, 0.5) is 0 Å². The van der Waals surface area contributed by atoms with Gasteiger partial charge < -0.3 is 20.1 Å². The summed E-state index contributed by atoms with van der Waals surface area (Å²) in [5.41, 5.74) is 0. The molecule has 0 spiro atoms. The minimum atomic E-state index is -1.23. The Morgan fingerprint density at radius 1 is 1.14 bits per heavy atom. The second-order valence-corrected chi connectivity index (χ2v) is 1.81. The standard InChI is InChI=1S/C4H6O4.C3H4O2.K/c5-3(6)1-2-4(7)8;1-2-3(4)5;/h1-2H2,(H,5,6)(H,7,8);2H,1H2,(H,4,5);/q;;+1/p-1. The van der Waals surface area contributed by atoms with Gasteiger partial charge in [-0.1, -0.05) is 6.58 Å². The summed E-state index contributed by atoms with van der Waals surface area (Å²) in [6.45, 7) is 2.90. The molecule has 0 heterocycles. The molecule has 0 saturated heterocycles. The van der Waals surface area contributed by atoms with E-state index in [2.05, 4.69) is 6.58 Å². The van der Waals surface area contributed by atoms with Crippen molar-refractivity contribution in [2.75, 3.05) is 0 Å². The van der Waals surface area contributed by atoms with Gasteiger partial charge in [0, 0.05) is 0 Å². The number of carbonyl (C=O) groups excluding carboxylic acids is 1. The maximum Gasteiger partial charge on any atom is 1.00 e. The first kappa shape index (κ1) is 19.4. The first-order chi connectivity index (χ1) is 5.90. The van der Waals surface area contributed by atoms with E-state index in [-0.39, 0.29) is 64.2 Å². The number of carbonyl (C=O) groups is 3. The van der Waals surface area contributed by atoms with Crippen LogP contribution in [0.5, 0.6) is 0 Å². The van der Waals surface area contributed by atoms with Gasteiger partial charge in [0.2, 0.25) is 0 Å². The summed E-state index contributed by atoms with van der Waals surface area (Å²) < 4.78 is 0. The molecule has 0 aliphatic rings. The minimum absolute atomic E-state index is 0. The molecule has 0 amide bonds. The van der Waals surface area contributed by atoms with E-state index >= 15 is 0 Å². The van der Waals surface area contributed by atoms with Crippen molar-refractivity contribution >= 4 is 17.9 Å². The summed E-state index contributed by atoms with van der Waals surface area (Å²) in [5, 5.41) is 24.9. The minimum Gasteiger partial charge on any atom is -0.545 e. The fraction of sp³-hybridized carbons (Fsp3) is 0.286. The van der Waals surface area contributed by atoms with Gasteiger partial charge in [0.05, 0.1) is 18.8 Å². The van der Waals surface area contributed by atoms with Crippen molar-refractivity contribution in [1.29, 1.82) is 0 Å². The molecule has 0 aliphatic carbocycles. The molecular formula is C7H9KO6. The van der Waals surface area contributed by atoms with Gasteiger partial charge in [-0.15, -0.1) is 0 Å². The van der Waals surface area contributed by atoms with Crippen LogP contribution in [0.3, 0.4) is 0 Å². The van der Waals surface area contributed by atoms with Crippen LogP contribution in [-0.4, -0.2) is 28.1 Å². The maximum atomic E-state index is 9.64. The Bertz CT molecular complexity index is 198. The monoisotopic (exact) mass is 228 g/mol. The zero-order chi connectivity index (χ0) is 10.9. The van der Waals surface area contributed by atoms with Crippen LogP contribution in [-0.2, 0) is 14.4 Å². The van der Waals surface area contributed by atoms with Gasteiger partial charge in [0.25, 0.3) is 0 Å². The third-order valence-electron chi connectivity index (χ3n) is 0.719. The van der Waals surface area contributed by atoms with E-state index in [0.717, 1.165) is 6.08 Å². The van der Waals surface area contributed by atoms with E-state index < -0.39 is 17.9 Å². The first-order valence-corrected chi connectivity index (χ1v) is 3.17. The Morgan fingerprint density at radius 2 is 1.36 bits per heavy atom. The molecule has 0 aromatic heterocycles. The van der Waals surface area contributed by atoms with Crippen molar-refractivity contribution in [3.8, 4) is 0 Å². The number of aliphatic carboxylic acids is 3. The summed E-state index contributed by atoms with van der Waals surface area (Å²) >= 11 is 0. The van der Waals surface area contributed by atoms with E-state index in [4.69, 9.17) is 20.1 Å². The average molecular weight is 228 g/mol. The van der Waals surface area contributed by atoms with Crippen LogP contribution in [0, 0.1) is 0 Å². The van der Waals surface area contributed by atoms with Crippen LogP contribution < -0.4 is 56.5 Å². The molecule has 0 radical (unpaired) electrons. The van der Waals surface area contributed by atoms with Gasteiger partial charge in [-0.3, -0.25) is 9.59 Å². The molecule has 74 valence electrons. The Balaban J connectivity index is -0.000000177. The molecule has 7 heteroatoms. The Morgan fingerprint density at radius 3 is 1.43 bits per heavy atom. The summed E-state index contributed by atoms with van der Waals surface area (Å²) in [5.74, 6) is -3.38. The van der Waals surface area contributed by atoms with Crippen molar-refractivity contribution in [3.63, 3.8) is 0 Å². The van der Waals surface area contributed by atoms with Gasteiger partial charge in [0.1, 0.15) is 0 Å². The van der Waals surface area contributed by atoms with Crippen molar-refractivity contribution in [1.82, 2.24) is 0 Å². The normalized spacial score (nSPS) is 7.14. The molecule has 0 aromatic rings. The van der Waals surface area contributed by atoms with Crippen molar-refractivity contribution in [2.45, 2.75) is 12.8 Å². The van der Waals surface area contributed by atoms with Crippen LogP contribution >= 0.6 is 0 Å². The van der Waals surface area contributed by atoms with Gasteiger partial charge in [-0.2, -0.15) is 0 Å². The Hall–Kier alpha value is -0.214. The Labute approximate surface area is 123 Å². The predicted molar refractivity (Wildman–Crippen MR) is 39.7 cm³/mol.